The van der Waals surface area contributed by atoms with Gasteiger partial charge in [0, 0.05) is 31.2 Å². The molecule has 0 radical (unpaired) electrons. The third-order valence-electron chi connectivity index (χ3n) is 4.68. The summed E-state index contributed by atoms with van der Waals surface area (Å²) in [6.07, 6.45) is 1.23. The van der Waals surface area contributed by atoms with Crippen LogP contribution in [0.15, 0.2) is 0 Å². The normalized spacial score (nSPS) is 15.4. The number of nitrogens with zero attached hydrogens (tertiary/aromatic N) is 1. The van der Waals surface area contributed by atoms with Gasteiger partial charge in [0.25, 0.3) is 0 Å². The van der Waals surface area contributed by atoms with E-state index in [-0.39, 0.29) is 5.41 Å². The van der Waals surface area contributed by atoms with Gasteiger partial charge >= 0.3 is 0 Å². The highest BCUT2D eigenvalue weighted by molar-refractivity contribution is 4.87. The average Bonchev–Trinajstić information content (AvgIpc) is 2.26. The largest absolute Gasteiger partial charge is 0.311 e. The van der Waals surface area contributed by atoms with Crippen molar-refractivity contribution < 1.29 is 0 Å². The molecule has 2 nitrogen and oxygen atoms in total. The van der Waals surface area contributed by atoms with E-state index >= 15 is 0 Å². The van der Waals surface area contributed by atoms with Crippen LogP contribution in [-0.2, 0) is 0 Å². The van der Waals surface area contributed by atoms with Gasteiger partial charge in [-0.3, -0.25) is 4.90 Å². The van der Waals surface area contributed by atoms with Crippen molar-refractivity contribution in [3.63, 3.8) is 0 Å². The first-order valence-electron chi connectivity index (χ1n) is 8.41. The van der Waals surface area contributed by atoms with Crippen LogP contribution < -0.4 is 5.32 Å². The summed E-state index contributed by atoms with van der Waals surface area (Å²) < 4.78 is 0. The summed E-state index contributed by atoms with van der Waals surface area (Å²) in [6.45, 7) is 25.6. The molecule has 0 aliphatic heterocycles. The Morgan fingerprint density at radius 2 is 1.40 bits per heavy atom. The summed E-state index contributed by atoms with van der Waals surface area (Å²) >= 11 is 0. The van der Waals surface area contributed by atoms with Crippen LogP contribution in [0.3, 0.4) is 0 Å². The maximum Gasteiger partial charge on any atom is 0.0104 e. The Labute approximate surface area is 128 Å². The van der Waals surface area contributed by atoms with E-state index in [2.05, 4.69) is 79.5 Å². The summed E-state index contributed by atoms with van der Waals surface area (Å²) in [4.78, 5) is 2.65. The Balaban J connectivity index is 4.81. The van der Waals surface area contributed by atoms with E-state index in [0.29, 0.717) is 23.5 Å². The smallest absolute Gasteiger partial charge is 0.0104 e. The second kappa shape index (κ2) is 7.79. The molecule has 0 rings (SSSR count). The lowest BCUT2D eigenvalue weighted by Crippen LogP contribution is -2.51. The van der Waals surface area contributed by atoms with Gasteiger partial charge in [0.2, 0.25) is 0 Å². The number of hydrogen-bond donors (Lipinski definition) is 1. The third-order valence-corrected chi connectivity index (χ3v) is 4.68. The molecule has 2 heteroatoms. The van der Waals surface area contributed by atoms with Crippen LogP contribution in [0, 0.1) is 10.8 Å². The molecule has 0 heterocycles. The maximum atomic E-state index is 3.68. The fourth-order valence-electron chi connectivity index (χ4n) is 2.47. The Kier molecular flexibility index (Phi) is 7.76. The van der Waals surface area contributed by atoms with Crippen LogP contribution in [-0.4, -0.2) is 36.1 Å². The number of hydrogen-bond acceptors (Lipinski definition) is 2. The number of nitrogens with one attached hydrogen (secondary N) is 1. The van der Waals surface area contributed by atoms with E-state index in [9.17, 15) is 0 Å². The molecule has 0 aromatic carbocycles. The zero-order valence-electron chi connectivity index (χ0n) is 15.8. The first-order valence-corrected chi connectivity index (χ1v) is 8.41. The SMILES string of the molecule is CCC(C)(C)CN(CC(C)(C)C(C)NC(C)C)C(C)C. The van der Waals surface area contributed by atoms with E-state index in [1.165, 1.54) is 13.0 Å². The lowest BCUT2D eigenvalue weighted by atomic mass is 9.82. The summed E-state index contributed by atoms with van der Waals surface area (Å²) in [5, 5.41) is 3.68. The summed E-state index contributed by atoms with van der Waals surface area (Å²) in [5.74, 6) is 0. The molecule has 0 aromatic rings. The van der Waals surface area contributed by atoms with Gasteiger partial charge in [0.15, 0.2) is 0 Å². The first kappa shape index (κ1) is 19.9. The van der Waals surface area contributed by atoms with Crippen LogP contribution in [0.5, 0.6) is 0 Å². The van der Waals surface area contributed by atoms with Gasteiger partial charge < -0.3 is 5.32 Å². The predicted octanol–water partition coefficient (Wildman–Crippen LogP) is 4.55. The second-order valence-electron chi connectivity index (χ2n) is 8.55. The van der Waals surface area contributed by atoms with Gasteiger partial charge in [-0.1, -0.05) is 48.5 Å². The van der Waals surface area contributed by atoms with E-state index in [1.54, 1.807) is 0 Å². The molecule has 122 valence electrons. The zero-order valence-corrected chi connectivity index (χ0v) is 15.8. The predicted molar refractivity (Wildman–Crippen MR) is 92.3 cm³/mol. The highest BCUT2D eigenvalue weighted by Crippen LogP contribution is 2.28. The van der Waals surface area contributed by atoms with Crippen molar-refractivity contribution in [2.45, 2.75) is 93.8 Å². The van der Waals surface area contributed by atoms with E-state index in [0.717, 1.165) is 6.54 Å². The third kappa shape index (κ3) is 7.08. The molecule has 1 atom stereocenters. The van der Waals surface area contributed by atoms with Crippen molar-refractivity contribution in [3.05, 3.63) is 0 Å². The van der Waals surface area contributed by atoms with Gasteiger partial charge in [0.1, 0.15) is 0 Å². The van der Waals surface area contributed by atoms with Crippen LogP contribution in [0.4, 0.5) is 0 Å². The minimum Gasteiger partial charge on any atom is -0.311 e. The summed E-state index contributed by atoms with van der Waals surface area (Å²) in [7, 11) is 0. The highest BCUT2D eigenvalue weighted by Gasteiger charge is 2.31. The topological polar surface area (TPSA) is 15.3 Å². The molecule has 0 fully saturated rings. The molecule has 1 unspecified atom stereocenters. The molecular weight excluding hydrogens is 244 g/mol. The van der Waals surface area contributed by atoms with Crippen LogP contribution >= 0.6 is 0 Å². The van der Waals surface area contributed by atoms with Crippen LogP contribution in [0.2, 0.25) is 0 Å². The molecule has 0 aliphatic carbocycles. The highest BCUT2D eigenvalue weighted by atomic mass is 15.2. The molecule has 0 spiro atoms. The van der Waals surface area contributed by atoms with Crippen molar-refractivity contribution in [1.82, 2.24) is 10.2 Å². The summed E-state index contributed by atoms with van der Waals surface area (Å²) in [6, 6.07) is 1.67. The monoisotopic (exact) mass is 284 g/mol. The average molecular weight is 285 g/mol. The van der Waals surface area contributed by atoms with E-state index < -0.39 is 0 Å². The Morgan fingerprint density at radius 3 is 1.75 bits per heavy atom. The van der Waals surface area contributed by atoms with Crippen LogP contribution in [0.1, 0.15) is 75.7 Å². The van der Waals surface area contributed by atoms with Crippen molar-refractivity contribution in [1.29, 1.82) is 0 Å². The van der Waals surface area contributed by atoms with Gasteiger partial charge in [-0.05, 0) is 38.0 Å². The van der Waals surface area contributed by atoms with E-state index in [1.807, 2.05) is 0 Å². The molecular formula is C18H40N2. The zero-order chi connectivity index (χ0) is 16.1. The summed E-state index contributed by atoms with van der Waals surface area (Å²) in [5.41, 5.74) is 0.674. The van der Waals surface area contributed by atoms with Crippen molar-refractivity contribution in [3.8, 4) is 0 Å². The van der Waals surface area contributed by atoms with Gasteiger partial charge in [0.05, 0.1) is 0 Å². The number of rotatable bonds is 9. The molecule has 0 aromatic heterocycles. The van der Waals surface area contributed by atoms with Gasteiger partial charge in [-0.15, -0.1) is 0 Å². The maximum absolute atomic E-state index is 3.68. The standard InChI is InChI=1S/C18H40N2/c1-11-17(7,8)12-20(15(4)5)13-18(9,10)16(6)19-14(2)3/h14-16,19H,11-13H2,1-10H3. The minimum absolute atomic E-state index is 0.276. The lowest BCUT2D eigenvalue weighted by molar-refractivity contribution is 0.0767. The second-order valence-corrected chi connectivity index (χ2v) is 8.55. The van der Waals surface area contributed by atoms with Crippen molar-refractivity contribution in [2.24, 2.45) is 10.8 Å². The van der Waals surface area contributed by atoms with Gasteiger partial charge in [-0.2, -0.15) is 0 Å². The fraction of sp³-hybridized carbons (Fsp3) is 1.00. The Bertz CT molecular complexity index is 267. The molecule has 0 amide bonds. The Morgan fingerprint density at radius 1 is 0.900 bits per heavy atom. The molecule has 0 saturated heterocycles. The molecule has 20 heavy (non-hydrogen) atoms. The fourth-order valence-corrected chi connectivity index (χ4v) is 2.47. The molecule has 0 bridgehead atoms. The first-order chi connectivity index (χ1) is 8.91. The minimum atomic E-state index is 0.276. The lowest BCUT2D eigenvalue weighted by Gasteiger charge is -2.42. The van der Waals surface area contributed by atoms with Crippen molar-refractivity contribution in [2.75, 3.05) is 13.1 Å². The van der Waals surface area contributed by atoms with Crippen molar-refractivity contribution >= 4 is 0 Å². The van der Waals surface area contributed by atoms with Gasteiger partial charge in [-0.25, -0.2) is 0 Å². The Hall–Kier alpha value is -0.0800. The molecule has 1 N–H and O–H groups in total. The quantitative estimate of drug-likeness (QED) is 0.668. The van der Waals surface area contributed by atoms with Crippen LogP contribution in [0.25, 0.3) is 0 Å². The molecule has 0 saturated carbocycles. The van der Waals surface area contributed by atoms with E-state index in [4.69, 9.17) is 0 Å². The molecule has 0 aliphatic rings.